The molecule has 1 aromatic carbocycles. The van der Waals surface area contributed by atoms with E-state index < -0.39 is 5.97 Å². The highest BCUT2D eigenvalue weighted by Gasteiger charge is 2.15. The maximum absolute atomic E-state index is 12.5. The summed E-state index contributed by atoms with van der Waals surface area (Å²) in [6.07, 6.45) is 1.41. The normalized spacial score (nSPS) is 10.9. The summed E-state index contributed by atoms with van der Waals surface area (Å²) in [5.74, 6) is -0.473. The van der Waals surface area contributed by atoms with Gasteiger partial charge in [0.2, 0.25) is 0 Å². The van der Waals surface area contributed by atoms with Gasteiger partial charge in [-0.15, -0.1) is 11.3 Å². The first-order valence-electron chi connectivity index (χ1n) is 7.12. The van der Waals surface area contributed by atoms with Crippen LogP contribution in [-0.4, -0.2) is 22.6 Å². The predicted molar refractivity (Wildman–Crippen MR) is 90.8 cm³/mol. The number of ether oxygens (including phenoxy) is 1. The predicted octanol–water partition coefficient (Wildman–Crippen LogP) is 2.91. The van der Waals surface area contributed by atoms with E-state index in [9.17, 15) is 9.59 Å². The van der Waals surface area contributed by atoms with Gasteiger partial charge in [-0.1, -0.05) is 23.8 Å². The number of esters is 1. The van der Waals surface area contributed by atoms with Crippen molar-refractivity contribution in [2.75, 3.05) is 7.11 Å². The molecule has 6 heteroatoms. The van der Waals surface area contributed by atoms with Crippen molar-refractivity contribution in [3.05, 3.63) is 51.4 Å². The lowest BCUT2D eigenvalue weighted by Gasteiger charge is -2.07. The van der Waals surface area contributed by atoms with Crippen LogP contribution in [0.2, 0.25) is 0 Å². The molecular formula is C17H16N2O3S. The molecule has 23 heavy (non-hydrogen) atoms. The average molecular weight is 328 g/mol. The van der Waals surface area contributed by atoms with Gasteiger partial charge in [-0.05, 0) is 25.0 Å². The van der Waals surface area contributed by atoms with Crippen molar-refractivity contribution in [1.29, 1.82) is 0 Å². The van der Waals surface area contributed by atoms with Crippen molar-refractivity contribution in [2.45, 2.75) is 20.4 Å². The van der Waals surface area contributed by atoms with Crippen LogP contribution in [0.25, 0.3) is 21.3 Å². The number of thiophene rings is 1. The lowest BCUT2D eigenvalue weighted by Crippen LogP contribution is -2.24. The van der Waals surface area contributed by atoms with E-state index in [-0.39, 0.29) is 12.1 Å². The molecule has 0 atom stereocenters. The molecule has 0 saturated carbocycles. The fourth-order valence-corrected chi connectivity index (χ4v) is 3.44. The van der Waals surface area contributed by atoms with E-state index in [1.54, 1.807) is 0 Å². The van der Waals surface area contributed by atoms with E-state index in [0.29, 0.717) is 10.2 Å². The Morgan fingerprint density at radius 1 is 1.30 bits per heavy atom. The van der Waals surface area contributed by atoms with Crippen molar-refractivity contribution in [3.63, 3.8) is 0 Å². The minimum Gasteiger partial charge on any atom is -0.468 e. The van der Waals surface area contributed by atoms with Crippen LogP contribution in [0, 0.1) is 13.8 Å². The Balaban J connectivity index is 2.16. The zero-order chi connectivity index (χ0) is 16.6. The van der Waals surface area contributed by atoms with Gasteiger partial charge in [0, 0.05) is 10.9 Å². The summed E-state index contributed by atoms with van der Waals surface area (Å²) in [4.78, 5) is 28.3. The Kier molecular flexibility index (Phi) is 4.00. The number of nitrogens with zero attached hydrogens (tertiary/aromatic N) is 2. The average Bonchev–Trinajstić information content (AvgIpc) is 2.97. The van der Waals surface area contributed by atoms with E-state index in [2.05, 4.69) is 27.9 Å². The van der Waals surface area contributed by atoms with Gasteiger partial charge < -0.3 is 4.74 Å². The molecule has 0 amide bonds. The van der Waals surface area contributed by atoms with Gasteiger partial charge in [0.1, 0.15) is 11.2 Å². The summed E-state index contributed by atoms with van der Waals surface area (Å²) in [6.45, 7) is 3.94. The fraction of sp³-hybridized carbons (Fsp3) is 0.235. The molecule has 0 aliphatic carbocycles. The van der Waals surface area contributed by atoms with E-state index in [0.717, 1.165) is 22.3 Å². The third-order valence-electron chi connectivity index (χ3n) is 3.76. The summed E-state index contributed by atoms with van der Waals surface area (Å²) < 4.78 is 6.43. The number of methoxy groups -OCH3 is 1. The van der Waals surface area contributed by atoms with Crippen LogP contribution in [0.4, 0.5) is 0 Å². The van der Waals surface area contributed by atoms with E-state index in [1.165, 1.54) is 29.3 Å². The Bertz CT molecular complexity index is 956. The van der Waals surface area contributed by atoms with Crippen LogP contribution < -0.4 is 5.56 Å². The number of hydrogen-bond donors (Lipinski definition) is 0. The molecular weight excluding hydrogens is 312 g/mol. The van der Waals surface area contributed by atoms with Gasteiger partial charge in [0.25, 0.3) is 5.56 Å². The molecule has 0 fully saturated rings. The van der Waals surface area contributed by atoms with Crippen LogP contribution in [0.15, 0.2) is 34.7 Å². The quantitative estimate of drug-likeness (QED) is 0.694. The minimum absolute atomic E-state index is 0.130. The molecule has 0 unspecified atom stereocenters. The Morgan fingerprint density at radius 3 is 2.83 bits per heavy atom. The zero-order valence-corrected chi connectivity index (χ0v) is 13.9. The van der Waals surface area contributed by atoms with Crippen molar-refractivity contribution in [3.8, 4) is 11.1 Å². The third-order valence-corrected chi connectivity index (χ3v) is 4.71. The molecule has 0 N–H and O–H groups in total. The summed E-state index contributed by atoms with van der Waals surface area (Å²) in [7, 11) is 1.29. The number of aromatic nitrogens is 2. The SMILES string of the molecule is COC(=O)Cn1cnc2c(-c3cc(C)ccc3C)csc2c1=O. The molecule has 118 valence electrons. The van der Waals surface area contributed by atoms with Gasteiger partial charge >= 0.3 is 5.97 Å². The number of carbonyl (C=O) groups is 1. The van der Waals surface area contributed by atoms with Gasteiger partial charge in [-0.25, -0.2) is 4.98 Å². The van der Waals surface area contributed by atoms with Crippen LogP contribution >= 0.6 is 11.3 Å². The van der Waals surface area contributed by atoms with E-state index in [1.807, 2.05) is 19.2 Å². The maximum Gasteiger partial charge on any atom is 0.325 e. The molecule has 0 saturated heterocycles. The number of hydrogen-bond acceptors (Lipinski definition) is 5. The molecule has 3 rings (SSSR count). The maximum atomic E-state index is 12.5. The lowest BCUT2D eigenvalue weighted by atomic mass is 10.00. The summed E-state index contributed by atoms with van der Waals surface area (Å²) in [5, 5.41) is 1.95. The standard InChI is InChI=1S/C17H16N2O3S/c1-10-4-5-11(2)12(6-10)13-8-23-16-15(13)18-9-19(17(16)21)7-14(20)22-3/h4-6,8-9H,7H2,1-3H3. The second-order valence-corrected chi connectivity index (χ2v) is 6.28. The molecule has 2 heterocycles. The highest BCUT2D eigenvalue weighted by molar-refractivity contribution is 7.17. The second kappa shape index (κ2) is 5.96. The lowest BCUT2D eigenvalue weighted by molar-refractivity contribution is -0.141. The summed E-state index contributed by atoms with van der Waals surface area (Å²) in [6, 6.07) is 6.22. The van der Waals surface area contributed by atoms with Crippen molar-refractivity contribution >= 4 is 27.5 Å². The molecule has 0 bridgehead atoms. The van der Waals surface area contributed by atoms with Gasteiger partial charge in [-0.2, -0.15) is 0 Å². The number of aryl methyl sites for hydroxylation is 2. The molecule has 0 aliphatic heterocycles. The van der Waals surface area contributed by atoms with Crippen molar-refractivity contribution < 1.29 is 9.53 Å². The van der Waals surface area contributed by atoms with Crippen LogP contribution in [0.3, 0.4) is 0 Å². The topological polar surface area (TPSA) is 61.2 Å². The smallest absolute Gasteiger partial charge is 0.325 e. The number of benzene rings is 1. The number of fused-ring (bicyclic) bond motifs is 1. The first-order valence-corrected chi connectivity index (χ1v) is 8.00. The van der Waals surface area contributed by atoms with Crippen LogP contribution in [0.5, 0.6) is 0 Å². The molecule has 0 radical (unpaired) electrons. The minimum atomic E-state index is -0.473. The molecule has 0 spiro atoms. The largest absolute Gasteiger partial charge is 0.468 e. The van der Waals surface area contributed by atoms with Gasteiger partial charge in [0.05, 0.1) is 19.0 Å². The first kappa shape index (κ1) is 15.4. The van der Waals surface area contributed by atoms with E-state index >= 15 is 0 Å². The highest BCUT2D eigenvalue weighted by atomic mass is 32.1. The molecule has 2 aromatic heterocycles. The molecule has 5 nitrogen and oxygen atoms in total. The third kappa shape index (κ3) is 2.77. The Labute approximate surface area is 137 Å². The van der Waals surface area contributed by atoms with Crippen molar-refractivity contribution in [1.82, 2.24) is 9.55 Å². The number of carbonyl (C=O) groups excluding carboxylic acids is 1. The summed E-state index contributed by atoms with van der Waals surface area (Å²) in [5.41, 5.74) is 4.78. The number of rotatable bonds is 3. The fourth-order valence-electron chi connectivity index (χ4n) is 2.48. The molecule has 3 aromatic rings. The Morgan fingerprint density at radius 2 is 2.09 bits per heavy atom. The molecule has 0 aliphatic rings. The van der Waals surface area contributed by atoms with Gasteiger partial charge in [0.15, 0.2) is 0 Å². The van der Waals surface area contributed by atoms with Crippen LogP contribution in [0.1, 0.15) is 11.1 Å². The van der Waals surface area contributed by atoms with Crippen LogP contribution in [-0.2, 0) is 16.1 Å². The Hall–Kier alpha value is -2.47. The zero-order valence-electron chi connectivity index (χ0n) is 13.1. The van der Waals surface area contributed by atoms with E-state index in [4.69, 9.17) is 0 Å². The second-order valence-electron chi connectivity index (χ2n) is 5.40. The summed E-state index contributed by atoms with van der Waals surface area (Å²) >= 11 is 1.35. The van der Waals surface area contributed by atoms with Gasteiger partial charge in [-0.3, -0.25) is 14.2 Å². The monoisotopic (exact) mass is 328 g/mol. The highest BCUT2D eigenvalue weighted by Crippen LogP contribution is 2.33. The van der Waals surface area contributed by atoms with Crippen molar-refractivity contribution in [2.24, 2.45) is 0 Å². The first-order chi connectivity index (χ1) is 11.0.